The van der Waals surface area contributed by atoms with Gasteiger partial charge in [-0.25, -0.2) is 0 Å². The van der Waals surface area contributed by atoms with Crippen LogP contribution in [0.5, 0.6) is 0 Å². The zero-order valence-electron chi connectivity index (χ0n) is 13.0. The largest absolute Gasteiger partial charge is 0.481 e. The van der Waals surface area contributed by atoms with E-state index in [9.17, 15) is 9.59 Å². The molecule has 22 heavy (non-hydrogen) atoms. The number of benzene rings is 1. The van der Waals surface area contributed by atoms with E-state index in [0.717, 1.165) is 18.4 Å². The number of hydrogen-bond acceptors (Lipinski definition) is 2. The Morgan fingerprint density at radius 2 is 2.00 bits per heavy atom. The molecule has 2 rings (SSSR count). The van der Waals surface area contributed by atoms with E-state index in [-0.39, 0.29) is 17.9 Å². The number of amides is 1. The molecule has 1 aliphatic rings. The van der Waals surface area contributed by atoms with Crippen molar-refractivity contribution in [2.75, 3.05) is 7.05 Å². The van der Waals surface area contributed by atoms with Crippen molar-refractivity contribution in [3.05, 3.63) is 34.9 Å². The summed E-state index contributed by atoms with van der Waals surface area (Å²) in [5.41, 5.74) is 0.981. The SMILES string of the molecule is CC(c1cccc(Cl)c1)N(C)C(=O)C1CCCC(C(=O)O)C1. The number of carboxylic acid groups (broad SMARTS) is 1. The lowest BCUT2D eigenvalue weighted by atomic mass is 9.80. The molecule has 1 aliphatic carbocycles. The molecule has 3 unspecified atom stereocenters. The Kier molecular flexibility index (Phi) is 5.46. The van der Waals surface area contributed by atoms with Crippen LogP contribution in [0.1, 0.15) is 44.2 Å². The van der Waals surface area contributed by atoms with Crippen molar-refractivity contribution in [2.24, 2.45) is 11.8 Å². The molecule has 0 radical (unpaired) electrons. The maximum atomic E-state index is 12.7. The van der Waals surface area contributed by atoms with Crippen LogP contribution in [0.3, 0.4) is 0 Å². The smallest absolute Gasteiger partial charge is 0.306 e. The van der Waals surface area contributed by atoms with Gasteiger partial charge >= 0.3 is 5.97 Å². The number of halogens is 1. The second kappa shape index (κ2) is 7.14. The van der Waals surface area contributed by atoms with Crippen molar-refractivity contribution in [1.82, 2.24) is 4.90 Å². The molecule has 0 spiro atoms. The van der Waals surface area contributed by atoms with Crippen molar-refractivity contribution >= 4 is 23.5 Å². The summed E-state index contributed by atoms with van der Waals surface area (Å²) in [6, 6.07) is 7.39. The van der Waals surface area contributed by atoms with E-state index in [1.807, 2.05) is 25.1 Å². The van der Waals surface area contributed by atoms with Gasteiger partial charge in [-0.15, -0.1) is 0 Å². The third kappa shape index (κ3) is 3.80. The normalized spacial score (nSPS) is 22.9. The van der Waals surface area contributed by atoms with Gasteiger partial charge in [0.1, 0.15) is 0 Å². The molecule has 1 fully saturated rings. The zero-order valence-corrected chi connectivity index (χ0v) is 13.7. The predicted molar refractivity (Wildman–Crippen MR) is 85.7 cm³/mol. The van der Waals surface area contributed by atoms with Crippen LogP contribution < -0.4 is 0 Å². The quantitative estimate of drug-likeness (QED) is 0.918. The Labute approximate surface area is 136 Å². The molecule has 1 aromatic carbocycles. The first kappa shape index (κ1) is 16.8. The first-order valence-corrected chi connectivity index (χ1v) is 8.03. The fraction of sp³-hybridized carbons (Fsp3) is 0.529. The summed E-state index contributed by atoms with van der Waals surface area (Å²) in [5.74, 6) is -1.35. The van der Waals surface area contributed by atoms with Crippen LogP contribution in [-0.2, 0) is 9.59 Å². The van der Waals surface area contributed by atoms with E-state index in [0.29, 0.717) is 17.9 Å². The molecule has 1 aromatic rings. The molecule has 0 saturated heterocycles. The molecule has 0 heterocycles. The Balaban J connectivity index is 2.06. The van der Waals surface area contributed by atoms with Crippen LogP contribution in [-0.4, -0.2) is 28.9 Å². The molecule has 5 heteroatoms. The molecule has 3 atom stereocenters. The minimum absolute atomic E-state index is 0.0263. The van der Waals surface area contributed by atoms with E-state index in [4.69, 9.17) is 16.7 Å². The molecular weight excluding hydrogens is 302 g/mol. The number of hydrogen-bond donors (Lipinski definition) is 1. The highest BCUT2D eigenvalue weighted by molar-refractivity contribution is 6.30. The maximum Gasteiger partial charge on any atom is 0.306 e. The van der Waals surface area contributed by atoms with Crippen molar-refractivity contribution in [1.29, 1.82) is 0 Å². The van der Waals surface area contributed by atoms with Crippen LogP contribution in [0.2, 0.25) is 5.02 Å². The van der Waals surface area contributed by atoms with Crippen molar-refractivity contribution in [3.8, 4) is 0 Å². The summed E-state index contributed by atoms with van der Waals surface area (Å²) < 4.78 is 0. The van der Waals surface area contributed by atoms with Gasteiger partial charge in [0, 0.05) is 18.0 Å². The highest BCUT2D eigenvalue weighted by atomic mass is 35.5. The van der Waals surface area contributed by atoms with Gasteiger partial charge in [0.25, 0.3) is 0 Å². The molecule has 0 aliphatic heterocycles. The molecule has 1 amide bonds. The lowest BCUT2D eigenvalue weighted by molar-refractivity contribution is -0.145. The highest BCUT2D eigenvalue weighted by Gasteiger charge is 2.33. The number of carbonyl (C=O) groups is 2. The third-order valence-electron chi connectivity index (χ3n) is 4.63. The van der Waals surface area contributed by atoms with Gasteiger partial charge in [-0.05, 0) is 43.9 Å². The van der Waals surface area contributed by atoms with Crippen molar-refractivity contribution in [2.45, 2.75) is 38.6 Å². The monoisotopic (exact) mass is 323 g/mol. The standard InChI is InChI=1S/C17H22ClNO3/c1-11(12-5-4-8-15(18)10-12)19(2)16(20)13-6-3-7-14(9-13)17(21)22/h4-5,8,10-11,13-14H,3,6-7,9H2,1-2H3,(H,21,22). The summed E-state index contributed by atoms with van der Waals surface area (Å²) in [7, 11) is 1.78. The first-order valence-electron chi connectivity index (χ1n) is 7.65. The minimum Gasteiger partial charge on any atom is -0.481 e. The second-order valence-electron chi connectivity index (χ2n) is 6.08. The number of carbonyl (C=O) groups excluding carboxylic acids is 1. The van der Waals surface area contributed by atoms with E-state index < -0.39 is 11.9 Å². The molecule has 0 bridgehead atoms. The summed E-state index contributed by atoms with van der Waals surface area (Å²) in [6.07, 6.45) is 2.69. The summed E-state index contributed by atoms with van der Waals surface area (Å²) in [4.78, 5) is 25.5. The second-order valence-corrected chi connectivity index (χ2v) is 6.52. The van der Waals surface area contributed by atoms with E-state index in [2.05, 4.69) is 0 Å². The molecule has 4 nitrogen and oxygen atoms in total. The molecule has 120 valence electrons. The summed E-state index contributed by atoms with van der Waals surface area (Å²) >= 11 is 6.01. The lowest BCUT2D eigenvalue weighted by Gasteiger charge is -2.32. The van der Waals surface area contributed by atoms with E-state index >= 15 is 0 Å². The van der Waals surface area contributed by atoms with Crippen LogP contribution in [0.4, 0.5) is 0 Å². The average Bonchev–Trinajstić information content (AvgIpc) is 2.52. The summed E-state index contributed by atoms with van der Waals surface area (Å²) in [5, 5.41) is 9.80. The fourth-order valence-electron chi connectivity index (χ4n) is 3.11. The first-order chi connectivity index (χ1) is 10.4. The predicted octanol–water partition coefficient (Wildman–Crippen LogP) is 3.75. The van der Waals surface area contributed by atoms with Gasteiger partial charge in [0.15, 0.2) is 0 Å². The molecule has 0 aromatic heterocycles. The van der Waals surface area contributed by atoms with Gasteiger partial charge in [-0.3, -0.25) is 9.59 Å². The van der Waals surface area contributed by atoms with E-state index in [1.54, 1.807) is 18.0 Å². The minimum atomic E-state index is -0.789. The van der Waals surface area contributed by atoms with Crippen LogP contribution in [0.15, 0.2) is 24.3 Å². The molecular formula is C17H22ClNO3. The van der Waals surface area contributed by atoms with Crippen LogP contribution in [0.25, 0.3) is 0 Å². The topological polar surface area (TPSA) is 57.6 Å². The maximum absolute atomic E-state index is 12.7. The number of rotatable bonds is 4. The third-order valence-corrected chi connectivity index (χ3v) is 4.87. The summed E-state index contributed by atoms with van der Waals surface area (Å²) in [6.45, 7) is 1.96. The van der Waals surface area contributed by atoms with Crippen molar-refractivity contribution in [3.63, 3.8) is 0 Å². The van der Waals surface area contributed by atoms with E-state index in [1.165, 1.54) is 0 Å². The van der Waals surface area contributed by atoms with Crippen LogP contribution >= 0.6 is 11.6 Å². The van der Waals surface area contributed by atoms with Gasteiger partial charge in [-0.1, -0.05) is 30.2 Å². The molecule has 1 saturated carbocycles. The van der Waals surface area contributed by atoms with Gasteiger partial charge in [0.2, 0.25) is 5.91 Å². The lowest BCUT2D eigenvalue weighted by Crippen LogP contribution is -2.38. The van der Waals surface area contributed by atoms with Gasteiger partial charge in [-0.2, -0.15) is 0 Å². The van der Waals surface area contributed by atoms with Gasteiger partial charge < -0.3 is 10.0 Å². The molecule has 1 N–H and O–H groups in total. The fourth-order valence-corrected chi connectivity index (χ4v) is 3.31. The Morgan fingerprint density at radius 1 is 1.32 bits per heavy atom. The van der Waals surface area contributed by atoms with Crippen molar-refractivity contribution < 1.29 is 14.7 Å². The Bertz CT molecular complexity index is 561. The average molecular weight is 324 g/mol. The zero-order chi connectivity index (χ0) is 16.3. The number of carboxylic acids is 1. The number of aliphatic carboxylic acids is 1. The Morgan fingerprint density at radius 3 is 2.64 bits per heavy atom. The number of nitrogens with zero attached hydrogens (tertiary/aromatic N) is 1. The Hall–Kier alpha value is -1.55. The highest BCUT2D eigenvalue weighted by Crippen LogP contribution is 2.32. The van der Waals surface area contributed by atoms with Gasteiger partial charge in [0.05, 0.1) is 12.0 Å². The van der Waals surface area contributed by atoms with Crippen LogP contribution in [0, 0.1) is 11.8 Å².